The number of nitrogens with zero attached hydrogens (tertiary/aromatic N) is 5. The summed E-state index contributed by atoms with van der Waals surface area (Å²) in [6.07, 6.45) is 9.36. The molecule has 0 bridgehead atoms. The molecule has 1 saturated heterocycles. The Kier molecular flexibility index (Phi) is 6.25. The zero-order valence-electron chi connectivity index (χ0n) is 14.5. The van der Waals surface area contributed by atoms with Crippen molar-refractivity contribution in [3.05, 3.63) is 22.1 Å². The van der Waals surface area contributed by atoms with Crippen LogP contribution in [0.25, 0.3) is 0 Å². The van der Waals surface area contributed by atoms with Gasteiger partial charge in [0.25, 0.3) is 0 Å². The summed E-state index contributed by atoms with van der Waals surface area (Å²) in [5.74, 6) is 1.49. The molecule has 1 unspecified atom stereocenters. The molecule has 24 heavy (non-hydrogen) atoms. The Morgan fingerprint density at radius 1 is 1.38 bits per heavy atom. The fraction of sp³-hybridized carbons (Fsp3) is 0.647. The Morgan fingerprint density at radius 2 is 2.17 bits per heavy atom. The second-order valence-corrected chi connectivity index (χ2v) is 7.76. The predicted molar refractivity (Wildman–Crippen MR) is 104 cm³/mol. The summed E-state index contributed by atoms with van der Waals surface area (Å²) in [5.41, 5.74) is 0. The molecule has 2 heterocycles. The third-order valence-corrected chi connectivity index (χ3v) is 6.00. The molecule has 0 saturated carbocycles. The average Bonchev–Trinajstić information content (AvgIpc) is 3.07. The first-order valence-corrected chi connectivity index (χ1v) is 9.88. The van der Waals surface area contributed by atoms with Crippen LogP contribution in [0.3, 0.4) is 0 Å². The van der Waals surface area contributed by atoms with E-state index in [1.165, 1.54) is 11.9 Å². The van der Waals surface area contributed by atoms with Gasteiger partial charge in [-0.25, -0.2) is 5.01 Å². The number of halogens is 1. The third kappa shape index (κ3) is 4.35. The fourth-order valence-corrected chi connectivity index (χ4v) is 3.94. The van der Waals surface area contributed by atoms with Crippen LogP contribution >= 0.6 is 23.5 Å². The minimum Gasteiger partial charge on any atom is -0.338 e. The van der Waals surface area contributed by atoms with Crippen LogP contribution < -0.4 is 0 Å². The maximum absolute atomic E-state index is 6.35. The van der Waals surface area contributed by atoms with E-state index in [0.29, 0.717) is 5.92 Å². The molecule has 0 N–H and O–H groups in total. The lowest BCUT2D eigenvalue weighted by Gasteiger charge is -2.36. The zero-order valence-corrected chi connectivity index (χ0v) is 16.1. The highest BCUT2D eigenvalue weighted by molar-refractivity contribution is 8.02. The maximum Gasteiger partial charge on any atom is 0.229 e. The number of hydrogen-bond donors (Lipinski definition) is 0. The summed E-state index contributed by atoms with van der Waals surface area (Å²) < 4.78 is 4.86. The van der Waals surface area contributed by atoms with Crippen molar-refractivity contribution in [1.29, 1.82) is 0 Å². The van der Waals surface area contributed by atoms with E-state index in [1.807, 2.05) is 0 Å². The van der Waals surface area contributed by atoms with Crippen molar-refractivity contribution in [1.82, 2.24) is 14.8 Å². The highest BCUT2D eigenvalue weighted by Crippen LogP contribution is 2.32. The number of guanidine groups is 1. The molecule has 0 amide bonds. The van der Waals surface area contributed by atoms with Gasteiger partial charge in [0, 0.05) is 60.2 Å². The van der Waals surface area contributed by atoms with Gasteiger partial charge < -0.3 is 9.80 Å². The molecular weight excluding hydrogens is 342 g/mol. The molecule has 0 aromatic carbocycles. The van der Waals surface area contributed by atoms with E-state index in [4.69, 9.17) is 16.0 Å². The Bertz CT molecular complexity index is 563. The standard InChI is InChI=1S/C17H26ClN5S/c1-3-14-12-19-23(13-14)17(22-10-8-21(2)9-11-22)20-24-16-7-5-4-6-15(16)18/h5,7,12,14H,3-4,6,8-11,13H2,1-2H3/b20-17+. The minimum atomic E-state index is 0.519. The molecule has 0 aromatic heterocycles. The molecule has 3 aliphatic rings. The zero-order chi connectivity index (χ0) is 16.9. The molecule has 5 nitrogen and oxygen atoms in total. The summed E-state index contributed by atoms with van der Waals surface area (Å²) in [5, 5.41) is 7.59. The molecule has 7 heteroatoms. The summed E-state index contributed by atoms with van der Waals surface area (Å²) in [6.45, 7) is 7.22. The number of rotatable bonds is 3. The van der Waals surface area contributed by atoms with Crippen LogP contribution in [0.1, 0.15) is 26.2 Å². The largest absolute Gasteiger partial charge is 0.338 e. The SMILES string of the molecule is CCC1C=NN(/C(=N/SC2=C(Cl)CCC=C2)N2CCN(C)CC2)C1. The van der Waals surface area contributed by atoms with Gasteiger partial charge in [0.1, 0.15) is 0 Å². The second-order valence-electron chi connectivity index (χ2n) is 6.50. The predicted octanol–water partition coefficient (Wildman–Crippen LogP) is 3.37. The Labute approximate surface area is 154 Å². The monoisotopic (exact) mass is 367 g/mol. The molecule has 1 fully saturated rings. The van der Waals surface area contributed by atoms with Gasteiger partial charge in [0.2, 0.25) is 5.96 Å². The van der Waals surface area contributed by atoms with Crippen LogP contribution in [0, 0.1) is 5.92 Å². The van der Waals surface area contributed by atoms with E-state index >= 15 is 0 Å². The third-order valence-electron chi connectivity index (χ3n) is 4.66. The number of allylic oxidation sites excluding steroid dienone is 3. The van der Waals surface area contributed by atoms with Gasteiger partial charge in [-0.05, 0) is 32.4 Å². The van der Waals surface area contributed by atoms with Gasteiger partial charge in [-0.2, -0.15) is 9.50 Å². The molecule has 1 aliphatic carbocycles. The van der Waals surface area contributed by atoms with E-state index in [9.17, 15) is 0 Å². The highest BCUT2D eigenvalue weighted by atomic mass is 35.5. The normalized spacial score (nSPS) is 26.0. The summed E-state index contributed by atoms with van der Waals surface area (Å²) in [4.78, 5) is 5.76. The quantitative estimate of drug-likeness (QED) is 0.435. The molecule has 0 radical (unpaired) electrons. The molecule has 0 aromatic rings. The van der Waals surface area contributed by atoms with Gasteiger partial charge in [-0.1, -0.05) is 24.6 Å². The number of hydrazone groups is 1. The molecule has 2 aliphatic heterocycles. The van der Waals surface area contributed by atoms with Crippen molar-refractivity contribution in [3.8, 4) is 0 Å². The average molecular weight is 368 g/mol. The van der Waals surface area contributed by atoms with E-state index in [2.05, 4.69) is 52.2 Å². The number of likely N-dealkylation sites (N-methyl/N-ethyl adjacent to an activating group) is 1. The van der Waals surface area contributed by atoms with Crippen molar-refractivity contribution in [2.75, 3.05) is 39.8 Å². The van der Waals surface area contributed by atoms with Crippen molar-refractivity contribution < 1.29 is 0 Å². The smallest absolute Gasteiger partial charge is 0.229 e. The fourth-order valence-electron chi connectivity index (χ4n) is 2.92. The van der Waals surface area contributed by atoms with Gasteiger partial charge in [0.15, 0.2) is 0 Å². The van der Waals surface area contributed by atoms with E-state index in [0.717, 1.165) is 67.9 Å². The van der Waals surface area contributed by atoms with Crippen LogP contribution in [0.2, 0.25) is 0 Å². The van der Waals surface area contributed by atoms with Gasteiger partial charge in [-0.3, -0.25) is 0 Å². The van der Waals surface area contributed by atoms with Crippen LogP contribution in [-0.4, -0.2) is 66.8 Å². The van der Waals surface area contributed by atoms with E-state index in [-0.39, 0.29) is 0 Å². The van der Waals surface area contributed by atoms with E-state index in [1.54, 1.807) is 0 Å². The number of piperazine rings is 1. The first kappa shape index (κ1) is 17.8. The van der Waals surface area contributed by atoms with Gasteiger partial charge in [0.05, 0.1) is 6.54 Å². The van der Waals surface area contributed by atoms with Crippen LogP contribution in [0.5, 0.6) is 0 Å². The topological polar surface area (TPSA) is 34.4 Å². The van der Waals surface area contributed by atoms with Gasteiger partial charge in [-0.15, -0.1) is 0 Å². The van der Waals surface area contributed by atoms with Crippen LogP contribution in [-0.2, 0) is 0 Å². The first-order valence-electron chi connectivity index (χ1n) is 8.72. The van der Waals surface area contributed by atoms with Crippen molar-refractivity contribution in [3.63, 3.8) is 0 Å². The lowest BCUT2D eigenvalue weighted by molar-refractivity contribution is 0.198. The minimum absolute atomic E-state index is 0.519. The maximum atomic E-state index is 6.35. The Morgan fingerprint density at radius 3 is 2.83 bits per heavy atom. The summed E-state index contributed by atoms with van der Waals surface area (Å²) >= 11 is 7.83. The summed E-state index contributed by atoms with van der Waals surface area (Å²) in [7, 11) is 2.17. The first-order chi connectivity index (χ1) is 11.7. The highest BCUT2D eigenvalue weighted by Gasteiger charge is 2.27. The van der Waals surface area contributed by atoms with Crippen LogP contribution in [0.4, 0.5) is 0 Å². The molecule has 0 spiro atoms. The van der Waals surface area contributed by atoms with Crippen molar-refractivity contribution in [2.24, 2.45) is 15.4 Å². The second kappa shape index (κ2) is 8.41. The molecule has 3 rings (SSSR count). The molecule has 1 atom stereocenters. The van der Waals surface area contributed by atoms with E-state index < -0.39 is 0 Å². The Balaban J connectivity index is 1.75. The number of hydrogen-bond acceptors (Lipinski definition) is 4. The van der Waals surface area contributed by atoms with Crippen LogP contribution in [0.15, 0.2) is 31.6 Å². The Hall–Kier alpha value is -0.980. The molecule has 132 valence electrons. The lowest BCUT2D eigenvalue weighted by atomic mass is 10.1. The van der Waals surface area contributed by atoms with Gasteiger partial charge >= 0.3 is 0 Å². The van der Waals surface area contributed by atoms with Crippen molar-refractivity contribution >= 4 is 35.7 Å². The summed E-state index contributed by atoms with van der Waals surface area (Å²) in [6, 6.07) is 0. The lowest BCUT2D eigenvalue weighted by Crippen LogP contribution is -2.51. The molecular formula is C17H26ClN5S. The van der Waals surface area contributed by atoms with Crippen molar-refractivity contribution in [2.45, 2.75) is 26.2 Å².